The molecule has 19 heavy (non-hydrogen) atoms. The van der Waals surface area contributed by atoms with Crippen LogP contribution in [0.2, 0.25) is 0 Å². The Morgan fingerprint density at radius 2 is 2.05 bits per heavy atom. The number of nitrogens with zero attached hydrogens (tertiary/aromatic N) is 2. The highest BCUT2D eigenvalue weighted by atomic mass is 35.5. The van der Waals surface area contributed by atoms with E-state index in [1.54, 1.807) is 0 Å². The van der Waals surface area contributed by atoms with Gasteiger partial charge in [-0.05, 0) is 71.1 Å². The summed E-state index contributed by atoms with van der Waals surface area (Å²) in [6, 6.07) is 1.65. The first-order valence-corrected chi connectivity index (χ1v) is 8.02. The van der Waals surface area contributed by atoms with Crippen LogP contribution in [-0.4, -0.2) is 61.2 Å². The van der Waals surface area contributed by atoms with Crippen LogP contribution in [0.4, 0.5) is 0 Å². The monoisotopic (exact) mass is 287 g/mol. The number of piperidine rings is 1. The molecule has 3 fully saturated rings. The lowest BCUT2D eigenvalue weighted by molar-refractivity contribution is 0.0545. The average Bonchev–Trinajstić information content (AvgIpc) is 2.84. The van der Waals surface area contributed by atoms with Gasteiger partial charge < -0.3 is 5.32 Å². The topological polar surface area (TPSA) is 18.5 Å². The number of halogens is 1. The Morgan fingerprint density at radius 1 is 1.16 bits per heavy atom. The van der Waals surface area contributed by atoms with Crippen molar-refractivity contribution in [2.45, 2.75) is 51.1 Å². The standard InChI is InChI=1S/C15H29N3.ClH/c1-13-11-18-8-3-5-15(18)12-17(13)9-6-14-4-2-7-16-10-14;/h13-16H,2-12H2,1H3;1H. The molecule has 3 rings (SSSR count). The maximum absolute atomic E-state index is 3.54. The molecule has 0 aliphatic carbocycles. The van der Waals surface area contributed by atoms with Crippen LogP contribution in [-0.2, 0) is 0 Å². The summed E-state index contributed by atoms with van der Waals surface area (Å²) in [5.41, 5.74) is 0. The Balaban J connectivity index is 0.00000133. The van der Waals surface area contributed by atoms with Crippen molar-refractivity contribution in [1.29, 1.82) is 0 Å². The van der Waals surface area contributed by atoms with Gasteiger partial charge in [-0.15, -0.1) is 12.4 Å². The quantitative estimate of drug-likeness (QED) is 0.856. The fourth-order valence-corrected chi connectivity index (χ4v) is 4.08. The number of fused-ring (bicyclic) bond motifs is 1. The zero-order chi connectivity index (χ0) is 12.4. The molecule has 0 radical (unpaired) electrons. The van der Waals surface area contributed by atoms with Gasteiger partial charge in [0.2, 0.25) is 0 Å². The molecule has 3 nitrogen and oxygen atoms in total. The molecule has 0 aromatic heterocycles. The van der Waals surface area contributed by atoms with Gasteiger partial charge in [0, 0.05) is 25.2 Å². The second-order valence-corrected chi connectivity index (χ2v) is 6.64. The van der Waals surface area contributed by atoms with Crippen LogP contribution in [0.3, 0.4) is 0 Å². The van der Waals surface area contributed by atoms with Crippen LogP contribution < -0.4 is 5.32 Å². The lowest BCUT2D eigenvalue weighted by Crippen LogP contribution is -2.55. The summed E-state index contributed by atoms with van der Waals surface area (Å²) in [6.45, 7) is 10.3. The lowest BCUT2D eigenvalue weighted by atomic mass is 9.95. The van der Waals surface area contributed by atoms with Crippen molar-refractivity contribution in [3.05, 3.63) is 0 Å². The molecule has 1 N–H and O–H groups in total. The predicted octanol–water partition coefficient (Wildman–Crippen LogP) is 1.97. The Kier molecular flexibility index (Phi) is 5.94. The van der Waals surface area contributed by atoms with Gasteiger partial charge in [-0.3, -0.25) is 9.80 Å². The third kappa shape index (κ3) is 3.84. The predicted molar refractivity (Wildman–Crippen MR) is 83.1 cm³/mol. The van der Waals surface area contributed by atoms with Gasteiger partial charge >= 0.3 is 0 Å². The fourth-order valence-electron chi connectivity index (χ4n) is 4.08. The molecular formula is C15H30ClN3. The van der Waals surface area contributed by atoms with Crippen molar-refractivity contribution < 1.29 is 0 Å². The molecule has 112 valence electrons. The van der Waals surface area contributed by atoms with Crippen LogP contribution >= 0.6 is 12.4 Å². The van der Waals surface area contributed by atoms with Gasteiger partial charge in [0.05, 0.1) is 0 Å². The van der Waals surface area contributed by atoms with E-state index < -0.39 is 0 Å². The smallest absolute Gasteiger partial charge is 0.0224 e. The molecule has 0 aromatic carbocycles. The summed E-state index contributed by atoms with van der Waals surface area (Å²) in [5, 5.41) is 3.54. The number of hydrogen-bond acceptors (Lipinski definition) is 3. The second-order valence-electron chi connectivity index (χ2n) is 6.64. The zero-order valence-corrected chi connectivity index (χ0v) is 13.1. The molecule has 3 atom stereocenters. The maximum atomic E-state index is 3.54. The van der Waals surface area contributed by atoms with E-state index >= 15 is 0 Å². The highest BCUT2D eigenvalue weighted by molar-refractivity contribution is 5.85. The molecule has 0 amide bonds. The zero-order valence-electron chi connectivity index (χ0n) is 12.3. The van der Waals surface area contributed by atoms with E-state index in [2.05, 4.69) is 22.0 Å². The number of hydrogen-bond donors (Lipinski definition) is 1. The minimum atomic E-state index is 0. The van der Waals surface area contributed by atoms with Gasteiger partial charge in [0.1, 0.15) is 0 Å². The number of nitrogens with one attached hydrogen (secondary N) is 1. The van der Waals surface area contributed by atoms with Crippen LogP contribution in [0.15, 0.2) is 0 Å². The number of piperazine rings is 1. The fraction of sp³-hybridized carbons (Fsp3) is 1.00. The van der Waals surface area contributed by atoms with E-state index in [0.29, 0.717) is 0 Å². The van der Waals surface area contributed by atoms with Crippen molar-refractivity contribution in [1.82, 2.24) is 15.1 Å². The molecule has 0 bridgehead atoms. The Bertz CT molecular complexity index is 268. The summed E-state index contributed by atoms with van der Waals surface area (Å²) in [6.07, 6.45) is 7.11. The molecule has 0 aromatic rings. The summed E-state index contributed by atoms with van der Waals surface area (Å²) in [5.74, 6) is 0.938. The lowest BCUT2D eigenvalue weighted by Gasteiger charge is -2.43. The number of rotatable bonds is 3. The Hall–Kier alpha value is 0.170. The van der Waals surface area contributed by atoms with Crippen molar-refractivity contribution in [3.8, 4) is 0 Å². The molecule has 3 aliphatic rings. The van der Waals surface area contributed by atoms with Gasteiger partial charge in [-0.25, -0.2) is 0 Å². The minimum Gasteiger partial charge on any atom is -0.316 e. The van der Waals surface area contributed by atoms with Crippen molar-refractivity contribution >= 4 is 12.4 Å². The minimum absolute atomic E-state index is 0. The summed E-state index contributed by atoms with van der Waals surface area (Å²) in [7, 11) is 0. The summed E-state index contributed by atoms with van der Waals surface area (Å²) < 4.78 is 0. The van der Waals surface area contributed by atoms with Gasteiger partial charge in [-0.1, -0.05) is 0 Å². The van der Waals surface area contributed by atoms with Gasteiger partial charge in [0.15, 0.2) is 0 Å². The first-order valence-electron chi connectivity index (χ1n) is 8.02. The van der Waals surface area contributed by atoms with Crippen LogP contribution in [0.1, 0.15) is 39.0 Å². The highest BCUT2D eigenvalue weighted by Crippen LogP contribution is 2.25. The second kappa shape index (κ2) is 7.26. The normalized spacial score (nSPS) is 36.8. The molecule has 0 spiro atoms. The van der Waals surface area contributed by atoms with Crippen LogP contribution in [0.5, 0.6) is 0 Å². The SMILES string of the molecule is CC1CN2CCCC2CN1CCC1CCCNC1.Cl. The van der Waals surface area contributed by atoms with Crippen molar-refractivity contribution in [2.75, 3.05) is 39.3 Å². The molecular weight excluding hydrogens is 258 g/mol. The Morgan fingerprint density at radius 3 is 2.84 bits per heavy atom. The van der Waals surface area contributed by atoms with E-state index in [0.717, 1.165) is 18.0 Å². The molecule has 3 aliphatic heterocycles. The van der Waals surface area contributed by atoms with E-state index in [4.69, 9.17) is 0 Å². The van der Waals surface area contributed by atoms with Crippen molar-refractivity contribution in [3.63, 3.8) is 0 Å². The van der Waals surface area contributed by atoms with Crippen molar-refractivity contribution in [2.24, 2.45) is 5.92 Å². The third-order valence-electron chi connectivity index (χ3n) is 5.29. The first kappa shape index (κ1) is 15.6. The average molecular weight is 288 g/mol. The van der Waals surface area contributed by atoms with Crippen LogP contribution in [0, 0.1) is 5.92 Å². The Labute approximate surface area is 124 Å². The van der Waals surface area contributed by atoms with E-state index in [-0.39, 0.29) is 12.4 Å². The molecule has 0 saturated carbocycles. The highest BCUT2D eigenvalue weighted by Gasteiger charge is 2.34. The van der Waals surface area contributed by atoms with Gasteiger partial charge in [0.25, 0.3) is 0 Å². The molecule has 3 unspecified atom stereocenters. The summed E-state index contributed by atoms with van der Waals surface area (Å²) >= 11 is 0. The van der Waals surface area contributed by atoms with E-state index in [1.165, 1.54) is 71.4 Å². The van der Waals surface area contributed by atoms with E-state index in [9.17, 15) is 0 Å². The van der Waals surface area contributed by atoms with Crippen LogP contribution in [0.25, 0.3) is 0 Å². The first-order chi connectivity index (χ1) is 8.83. The molecule has 4 heteroatoms. The summed E-state index contributed by atoms with van der Waals surface area (Å²) in [4.78, 5) is 5.49. The van der Waals surface area contributed by atoms with Gasteiger partial charge in [-0.2, -0.15) is 0 Å². The molecule has 3 saturated heterocycles. The maximum Gasteiger partial charge on any atom is 0.0224 e. The molecule has 3 heterocycles. The van der Waals surface area contributed by atoms with E-state index in [1.807, 2.05) is 0 Å². The third-order valence-corrected chi connectivity index (χ3v) is 5.29. The largest absolute Gasteiger partial charge is 0.316 e.